The number of hydrogen-bond acceptors (Lipinski definition) is 2. The Balaban J connectivity index is 1.83. The van der Waals surface area contributed by atoms with Crippen LogP contribution in [0, 0.1) is 5.92 Å². The fourth-order valence-electron chi connectivity index (χ4n) is 3.39. The highest BCUT2D eigenvalue weighted by atomic mass is 14.9. The predicted molar refractivity (Wildman–Crippen MR) is 91.8 cm³/mol. The Kier molecular flexibility index (Phi) is 6.72. The smallest absolute Gasteiger partial charge is 0.0102 e. The SMILES string of the molecule is CC(C)CCCCNCC1(c2ccccc2)CCNCC1. The summed E-state index contributed by atoms with van der Waals surface area (Å²) in [5.74, 6) is 0.838. The summed E-state index contributed by atoms with van der Waals surface area (Å²) >= 11 is 0. The van der Waals surface area contributed by atoms with Gasteiger partial charge in [0.2, 0.25) is 0 Å². The fourth-order valence-corrected chi connectivity index (χ4v) is 3.39. The molecule has 1 fully saturated rings. The van der Waals surface area contributed by atoms with Crippen molar-refractivity contribution in [2.75, 3.05) is 26.2 Å². The minimum absolute atomic E-state index is 0.338. The summed E-state index contributed by atoms with van der Waals surface area (Å²) in [6.07, 6.45) is 6.51. The van der Waals surface area contributed by atoms with E-state index in [0.29, 0.717) is 5.41 Å². The maximum absolute atomic E-state index is 3.74. The highest BCUT2D eigenvalue weighted by Crippen LogP contribution is 2.32. The van der Waals surface area contributed by atoms with Crippen LogP contribution in [0.25, 0.3) is 0 Å². The van der Waals surface area contributed by atoms with E-state index >= 15 is 0 Å². The molecule has 0 atom stereocenters. The lowest BCUT2D eigenvalue weighted by molar-refractivity contribution is 0.292. The van der Waals surface area contributed by atoms with E-state index in [0.717, 1.165) is 32.1 Å². The van der Waals surface area contributed by atoms with Crippen LogP contribution in [-0.4, -0.2) is 26.2 Å². The van der Waals surface area contributed by atoms with Crippen molar-refractivity contribution in [3.8, 4) is 0 Å². The number of rotatable bonds is 8. The molecule has 1 aliphatic heterocycles. The lowest BCUT2D eigenvalue weighted by Gasteiger charge is -2.38. The van der Waals surface area contributed by atoms with Gasteiger partial charge in [-0.2, -0.15) is 0 Å². The molecule has 0 aromatic heterocycles. The Morgan fingerprint density at radius 3 is 2.48 bits per heavy atom. The van der Waals surface area contributed by atoms with Crippen LogP contribution in [0.5, 0.6) is 0 Å². The number of unbranched alkanes of at least 4 members (excludes halogenated alkanes) is 1. The summed E-state index contributed by atoms with van der Waals surface area (Å²) in [5, 5.41) is 7.25. The zero-order valence-electron chi connectivity index (χ0n) is 13.8. The van der Waals surface area contributed by atoms with Gasteiger partial charge in [0.15, 0.2) is 0 Å². The third-order valence-corrected chi connectivity index (χ3v) is 4.80. The van der Waals surface area contributed by atoms with Crippen LogP contribution in [0.3, 0.4) is 0 Å². The topological polar surface area (TPSA) is 24.1 Å². The highest BCUT2D eigenvalue weighted by molar-refractivity contribution is 5.27. The van der Waals surface area contributed by atoms with Gasteiger partial charge in [0.25, 0.3) is 0 Å². The normalized spacial score (nSPS) is 18.0. The third kappa shape index (κ3) is 5.12. The van der Waals surface area contributed by atoms with E-state index in [4.69, 9.17) is 0 Å². The van der Waals surface area contributed by atoms with Gasteiger partial charge in [0.1, 0.15) is 0 Å². The van der Waals surface area contributed by atoms with Crippen LogP contribution in [0.4, 0.5) is 0 Å². The van der Waals surface area contributed by atoms with Gasteiger partial charge < -0.3 is 10.6 Å². The van der Waals surface area contributed by atoms with Crippen LogP contribution in [0.1, 0.15) is 51.5 Å². The van der Waals surface area contributed by atoms with E-state index < -0.39 is 0 Å². The van der Waals surface area contributed by atoms with Gasteiger partial charge in [-0.25, -0.2) is 0 Å². The van der Waals surface area contributed by atoms with Crippen LogP contribution in [0.15, 0.2) is 30.3 Å². The molecule has 1 aliphatic rings. The Bertz CT molecular complexity index is 380. The number of benzene rings is 1. The standard InChI is InChI=1S/C19H32N2/c1-17(2)8-6-7-13-21-16-19(11-14-20-15-12-19)18-9-4-3-5-10-18/h3-5,9-10,17,20-21H,6-8,11-16H2,1-2H3. The molecule has 2 heteroatoms. The van der Waals surface area contributed by atoms with Crippen LogP contribution in [-0.2, 0) is 5.41 Å². The van der Waals surface area contributed by atoms with E-state index in [1.54, 1.807) is 0 Å². The summed E-state index contributed by atoms with van der Waals surface area (Å²) in [5.41, 5.74) is 1.85. The van der Waals surface area contributed by atoms with Crippen LogP contribution in [0.2, 0.25) is 0 Å². The molecule has 2 rings (SSSR count). The molecule has 0 aliphatic carbocycles. The Morgan fingerprint density at radius 1 is 1.10 bits per heavy atom. The molecule has 0 saturated carbocycles. The molecule has 1 saturated heterocycles. The summed E-state index contributed by atoms with van der Waals surface area (Å²) < 4.78 is 0. The zero-order chi connectivity index (χ0) is 15.0. The van der Waals surface area contributed by atoms with Crippen LogP contribution >= 0.6 is 0 Å². The molecule has 1 aromatic carbocycles. The third-order valence-electron chi connectivity index (χ3n) is 4.80. The summed E-state index contributed by atoms with van der Waals surface area (Å²) in [6, 6.07) is 11.1. The van der Waals surface area contributed by atoms with Crippen molar-refractivity contribution in [3.63, 3.8) is 0 Å². The second-order valence-electron chi connectivity index (χ2n) is 6.96. The van der Waals surface area contributed by atoms with E-state index in [1.807, 2.05) is 0 Å². The molecule has 1 heterocycles. The van der Waals surface area contributed by atoms with Crippen molar-refractivity contribution >= 4 is 0 Å². The first kappa shape index (κ1) is 16.5. The van der Waals surface area contributed by atoms with E-state index in [-0.39, 0.29) is 0 Å². The summed E-state index contributed by atoms with van der Waals surface area (Å²) in [4.78, 5) is 0. The minimum Gasteiger partial charge on any atom is -0.317 e. The van der Waals surface area contributed by atoms with Crippen molar-refractivity contribution in [2.45, 2.75) is 51.4 Å². The quantitative estimate of drug-likeness (QED) is 0.712. The Morgan fingerprint density at radius 2 is 1.81 bits per heavy atom. The van der Waals surface area contributed by atoms with Crippen molar-refractivity contribution in [1.82, 2.24) is 10.6 Å². The molecule has 21 heavy (non-hydrogen) atoms. The maximum atomic E-state index is 3.74. The molecule has 1 aromatic rings. The molecule has 118 valence electrons. The molecule has 0 radical (unpaired) electrons. The molecule has 2 N–H and O–H groups in total. The molecule has 0 spiro atoms. The molecule has 2 nitrogen and oxygen atoms in total. The average Bonchev–Trinajstić information content (AvgIpc) is 2.52. The number of piperidine rings is 1. The van der Waals surface area contributed by atoms with Crippen LogP contribution < -0.4 is 10.6 Å². The molecular weight excluding hydrogens is 256 g/mol. The van der Waals surface area contributed by atoms with Gasteiger partial charge in [-0.3, -0.25) is 0 Å². The zero-order valence-corrected chi connectivity index (χ0v) is 13.8. The second-order valence-corrected chi connectivity index (χ2v) is 6.96. The monoisotopic (exact) mass is 288 g/mol. The minimum atomic E-state index is 0.338. The number of hydrogen-bond donors (Lipinski definition) is 2. The Hall–Kier alpha value is -0.860. The van der Waals surface area contributed by atoms with Gasteiger partial charge >= 0.3 is 0 Å². The molecule has 0 bridgehead atoms. The first-order valence-electron chi connectivity index (χ1n) is 8.70. The largest absolute Gasteiger partial charge is 0.317 e. The molecule has 0 unspecified atom stereocenters. The first-order valence-corrected chi connectivity index (χ1v) is 8.70. The maximum Gasteiger partial charge on any atom is 0.0102 e. The Labute approximate surface area is 130 Å². The van der Waals surface area contributed by atoms with Gasteiger partial charge in [0.05, 0.1) is 0 Å². The van der Waals surface area contributed by atoms with E-state index in [1.165, 1.54) is 37.7 Å². The first-order chi connectivity index (χ1) is 10.2. The molecule has 0 amide bonds. The average molecular weight is 288 g/mol. The molecular formula is C19H32N2. The van der Waals surface area contributed by atoms with E-state index in [9.17, 15) is 0 Å². The van der Waals surface area contributed by atoms with Gasteiger partial charge in [-0.05, 0) is 50.4 Å². The fraction of sp³-hybridized carbons (Fsp3) is 0.684. The van der Waals surface area contributed by atoms with Gasteiger partial charge in [-0.15, -0.1) is 0 Å². The van der Waals surface area contributed by atoms with E-state index in [2.05, 4.69) is 54.8 Å². The lowest BCUT2D eigenvalue weighted by atomic mass is 9.73. The van der Waals surface area contributed by atoms with Crippen molar-refractivity contribution in [1.29, 1.82) is 0 Å². The van der Waals surface area contributed by atoms with Crippen molar-refractivity contribution < 1.29 is 0 Å². The number of nitrogens with one attached hydrogen (secondary N) is 2. The highest BCUT2D eigenvalue weighted by Gasteiger charge is 2.33. The van der Waals surface area contributed by atoms with Crippen molar-refractivity contribution in [2.24, 2.45) is 5.92 Å². The lowest BCUT2D eigenvalue weighted by Crippen LogP contribution is -2.46. The van der Waals surface area contributed by atoms with Gasteiger partial charge in [0, 0.05) is 12.0 Å². The summed E-state index contributed by atoms with van der Waals surface area (Å²) in [7, 11) is 0. The predicted octanol–water partition coefficient (Wildman–Crippen LogP) is 3.72. The summed E-state index contributed by atoms with van der Waals surface area (Å²) in [6.45, 7) is 9.20. The van der Waals surface area contributed by atoms with Gasteiger partial charge in [-0.1, -0.05) is 57.0 Å². The van der Waals surface area contributed by atoms with Crippen molar-refractivity contribution in [3.05, 3.63) is 35.9 Å². The second kappa shape index (κ2) is 8.55.